The normalized spacial score (nSPS) is 17.2. The molecule has 2 aromatic rings. The summed E-state index contributed by atoms with van der Waals surface area (Å²) in [6.07, 6.45) is 8.41. The van der Waals surface area contributed by atoms with E-state index in [1.54, 1.807) is 18.4 Å². The van der Waals surface area contributed by atoms with Gasteiger partial charge in [0.15, 0.2) is 0 Å². The molecular formula is C22H31N3O4S. The number of aromatic nitrogens is 2. The van der Waals surface area contributed by atoms with Gasteiger partial charge in [0, 0.05) is 31.7 Å². The number of rotatable bonds is 11. The van der Waals surface area contributed by atoms with Gasteiger partial charge in [0.25, 0.3) is 5.56 Å². The van der Waals surface area contributed by atoms with Crippen LogP contribution in [0.15, 0.2) is 4.79 Å². The second-order valence-corrected chi connectivity index (χ2v) is 9.08. The predicted molar refractivity (Wildman–Crippen MR) is 119 cm³/mol. The summed E-state index contributed by atoms with van der Waals surface area (Å²) < 4.78 is 10.4. The standard InChI is InChI=1S/C22H31N3O4S/c1-4-9-29-14-16(26)12-25(8-5-10-28-3)13-19-23-21(27)20-17-7-6-15(2)11-18(17)30-22(20)24-19/h1,15-16,26H,5-14H2,2-3H3,(H,23,24,27)/t15-,16-/m1/s1. The van der Waals surface area contributed by atoms with Gasteiger partial charge in [0.1, 0.15) is 17.3 Å². The molecule has 0 aliphatic heterocycles. The number of aliphatic hydroxyl groups excluding tert-OH is 1. The molecule has 164 valence electrons. The molecule has 0 saturated carbocycles. The lowest BCUT2D eigenvalue weighted by Gasteiger charge is -2.24. The van der Waals surface area contributed by atoms with E-state index >= 15 is 0 Å². The molecule has 30 heavy (non-hydrogen) atoms. The molecule has 1 aliphatic carbocycles. The van der Waals surface area contributed by atoms with Gasteiger partial charge in [-0.05, 0) is 37.2 Å². The summed E-state index contributed by atoms with van der Waals surface area (Å²) in [7, 11) is 1.67. The molecule has 2 atom stereocenters. The number of fused-ring (bicyclic) bond motifs is 3. The number of H-pyrrole nitrogens is 1. The second-order valence-electron chi connectivity index (χ2n) is 8.00. The van der Waals surface area contributed by atoms with Gasteiger partial charge in [0.05, 0.1) is 24.6 Å². The van der Waals surface area contributed by atoms with Crippen molar-refractivity contribution in [2.75, 3.05) is 40.0 Å². The van der Waals surface area contributed by atoms with Crippen LogP contribution < -0.4 is 5.56 Å². The van der Waals surface area contributed by atoms with Gasteiger partial charge in [-0.1, -0.05) is 12.8 Å². The highest BCUT2D eigenvalue weighted by molar-refractivity contribution is 7.18. The van der Waals surface area contributed by atoms with Crippen LogP contribution in [0.4, 0.5) is 0 Å². The molecule has 2 aromatic heterocycles. The van der Waals surface area contributed by atoms with E-state index in [2.05, 4.69) is 22.7 Å². The zero-order valence-corrected chi connectivity index (χ0v) is 18.6. The third-order valence-corrected chi connectivity index (χ3v) is 6.52. The SMILES string of the molecule is C#CCOC[C@H](O)CN(CCCOC)Cc1nc2sc3c(c2c(=O)[nH]1)CC[C@@H](C)C3. The first-order chi connectivity index (χ1) is 14.5. The van der Waals surface area contributed by atoms with E-state index in [1.807, 2.05) is 0 Å². The van der Waals surface area contributed by atoms with Crippen molar-refractivity contribution in [2.24, 2.45) is 5.92 Å². The van der Waals surface area contributed by atoms with Crippen LogP contribution in [0.25, 0.3) is 10.2 Å². The first kappa shape index (κ1) is 22.9. The third kappa shape index (κ3) is 5.90. The Kier molecular flexibility index (Phi) is 8.42. The summed E-state index contributed by atoms with van der Waals surface area (Å²) in [6.45, 7) is 4.78. The lowest BCUT2D eigenvalue weighted by molar-refractivity contribution is 0.0239. The highest BCUT2D eigenvalue weighted by atomic mass is 32.1. The van der Waals surface area contributed by atoms with E-state index in [4.69, 9.17) is 20.9 Å². The van der Waals surface area contributed by atoms with Crippen molar-refractivity contribution >= 4 is 21.6 Å². The Hall–Kier alpha value is -1.76. The molecular weight excluding hydrogens is 402 g/mol. The quantitative estimate of drug-likeness (QED) is 0.416. The van der Waals surface area contributed by atoms with Gasteiger partial charge in [-0.2, -0.15) is 0 Å². The number of nitrogens with zero attached hydrogens (tertiary/aromatic N) is 2. The van der Waals surface area contributed by atoms with Crippen LogP contribution in [-0.2, 0) is 28.9 Å². The number of ether oxygens (including phenoxy) is 2. The maximum Gasteiger partial charge on any atom is 0.259 e. The number of hydrogen-bond donors (Lipinski definition) is 2. The Balaban J connectivity index is 1.75. The molecule has 7 nitrogen and oxygen atoms in total. The molecule has 0 spiro atoms. The van der Waals surface area contributed by atoms with E-state index in [1.165, 1.54) is 10.4 Å². The number of terminal acetylenes is 1. The molecule has 2 N–H and O–H groups in total. The van der Waals surface area contributed by atoms with Crippen molar-refractivity contribution in [3.63, 3.8) is 0 Å². The van der Waals surface area contributed by atoms with Crippen LogP contribution in [0, 0.1) is 18.3 Å². The first-order valence-electron chi connectivity index (χ1n) is 10.5. The van der Waals surface area contributed by atoms with E-state index in [-0.39, 0.29) is 18.8 Å². The fourth-order valence-electron chi connectivity index (χ4n) is 3.95. The van der Waals surface area contributed by atoms with E-state index in [0.29, 0.717) is 38.0 Å². The van der Waals surface area contributed by atoms with Crippen LogP contribution in [0.2, 0.25) is 0 Å². The molecule has 0 radical (unpaired) electrons. The third-order valence-electron chi connectivity index (χ3n) is 5.38. The average Bonchev–Trinajstić information content (AvgIpc) is 3.06. The van der Waals surface area contributed by atoms with Crippen molar-refractivity contribution in [1.82, 2.24) is 14.9 Å². The summed E-state index contributed by atoms with van der Waals surface area (Å²) >= 11 is 1.65. The zero-order chi connectivity index (χ0) is 21.5. The Labute approximate surface area is 181 Å². The van der Waals surface area contributed by atoms with E-state index in [0.717, 1.165) is 35.9 Å². The second kappa shape index (κ2) is 11.0. The molecule has 0 fully saturated rings. The Bertz CT molecular complexity index is 933. The van der Waals surface area contributed by atoms with Crippen LogP contribution in [-0.4, -0.2) is 66.1 Å². The Morgan fingerprint density at radius 3 is 3.10 bits per heavy atom. The highest BCUT2D eigenvalue weighted by Gasteiger charge is 2.23. The Morgan fingerprint density at radius 1 is 1.50 bits per heavy atom. The number of hydrogen-bond acceptors (Lipinski definition) is 7. The Morgan fingerprint density at radius 2 is 2.33 bits per heavy atom. The first-order valence-corrected chi connectivity index (χ1v) is 11.3. The molecule has 0 aromatic carbocycles. The van der Waals surface area contributed by atoms with Gasteiger partial charge in [-0.25, -0.2) is 4.98 Å². The predicted octanol–water partition coefficient (Wildman–Crippen LogP) is 1.96. The average molecular weight is 434 g/mol. The molecule has 3 rings (SSSR count). The summed E-state index contributed by atoms with van der Waals surface area (Å²) in [4.78, 5) is 24.8. The van der Waals surface area contributed by atoms with Crippen molar-refractivity contribution in [2.45, 2.75) is 45.3 Å². The number of nitrogens with one attached hydrogen (secondary N) is 1. The lowest BCUT2D eigenvalue weighted by Crippen LogP contribution is -2.36. The van der Waals surface area contributed by atoms with Crippen LogP contribution in [0.1, 0.15) is 36.0 Å². The summed E-state index contributed by atoms with van der Waals surface area (Å²) in [6, 6.07) is 0. The smallest absolute Gasteiger partial charge is 0.259 e. The minimum Gasteiger partial charge on any atom is -0.389 e. The van der Waals surface area contributed by atoms with E-state index in [9.17, 15) is 9.90 Å². The van der Waals surface area contributed by atoms with Gasteiger partial charge >= 0.3 is 0 Å². The molecule has 0 unspecified atom stereocenters. The molecule has 2 heterocycles. The highest BCUT2D eigenvalue weighted by Crippen LogP contribution is 2.35. The molecule has 8 heteroatoms. The minimum absolute atomic E-state index is 0.0585. The van der Waals surface area contributed by atoms with Crippen molar-refractivity contribution in [1.29, 1.82) is 0 Å². The summed E-state index contributed by atoms with van der Waals surface area (Å²) in [5.74, 6) is 3.66. The van der Waals surface area contributed by atoms with Crippen molar-refractivity contribution < 1.29 is 14.6 Å². The molecule has 0 saturated heterocycles. The van der Waals surface area contributed by atoms with Gasteiger partial charge in [0.2, 0.25) is 0 Å². The monoisotopic (exact) mass is 433 g/mol. The maximum atomic E-state index is 12.8. The number of aryl methyl sites for hydroxylation is 1. The fraction of sp³-hybridized carbons (Fsp3) is 0.636. The van der Waals surface area contributed by atoms with Gasteiger partial charge in [-0.15, -0.1) is 17.8 Å². The molecule has 1 aliphatic rings. The number of thiophene rings is 1. The molecule has 0 bridgehead atoms. The van der Waals surface area contributed by atoms with Gasteiger partial charge in [-0.3, -0.25) is 9.69 Å². The van der Waals surface area contributed by atoms with Crippen LogP contribution in [0.3, 0.4) is 0 Å². The summed E-state index contributed by atoms with van der Waals surface area (Å²) in [5, 5.41) is 11.0. The maximum absolute atomic E-state index is 12.8. The van der Waals surface area contributed by atoms with Crippen LogP contribution in [0.5, 0.6) is 0 Å². The minimum atomic E-state index is -0.674. The largest absolute Gasteiger partial charge is 0.389 e. The zero-order valence-electron chi connectivity index (χ0n) is 17.8. The van der Waals surface area contributed by atoms with Crippen molar-refractivity contribution in [3.05, 3.63) is 26.6 Å². The number of methoxy groups -OCH3 is 1. The topological polar surface area (TPSA) is 87.7 Å². The van der Waals surface area contributed by atoms with Crippen molar-refractivity contribution in [3.8, 4) is 12.3 Å². The van der Waals surface area contributed by atoms with E-state index < -0.39 is 6.10 Å². The lowest BCUT2D eigenvalue weighted by atomic mass is 9.89. The van der Waals surface area contributed by atoms with Gasteiger partial charge < -0.3 is 19.6 Å². The molecule has 0 amide bonds. The fourth-order valence-corrected chi connectivity index (χ4v) is 5.35. The summed E-state index contributed by atoms with van der Waals surface area (Å²) in [5.41, 5.74) is 1.13. The number of aliphatic hydroxyl groups is 1. The van der Waals surface area contributed by atoms with Crippen LogP contribution >= 0.6 is 11.3 Å². The number of aromatic amines is 1.